The molecule has 0 spiro atoms. The summed E-state index contributed by atoms with van der Waals surface area (Å²) in [6, 6.07) is 4.73. The van der Waals surface area contributed by atoms with Crippen LogP contribution >= 0.6 is 0 Å². The number of esters is 1. The summed E-state index contributed by atoms with van der Waals surface area (Å²) in [7, 11) is 2.07. The number of nitro benzene ring substituents is 1. The molecule has 1 aromatic carbocycles. The molecule has 0 bridgehead atoms. The van der Waals surface area contributed by atoms with E-state index in [4.69, 9.17) is 4.74 Å². The first-order chi connectivity index (χ1) is 11.2. The van der Waals surface area contributed by atoms with E-state index in [0.29, 0.717) is 0 Å². The molecule has 1 aliphatic rings. The first kappa shape index (κ1) is 18.2. The maximum absolute atomic E-state index is 12.2. The van der Waals surface area contributed by atoms with Crippen LogP contribution in [-0.2, 0) is 4.74 Å². The standard InChI is InChI=1S/C17H25N3O4/c1-17(2,3)24-16(21)14-7-6-13(12-15(14)20(22)23)19-9-5-8-18(4)10-11-19/h6-7,12H,5,8-11H2,1-4H3. The van der Waals surface area contributed by atoms with E-state index in [2.05, 4.69) is 16.8 Å². The van der Waals surface area contributed by atoms with Crippen LogP contribution in [-0.4, -0.2) is 54.6 Å². The van der Waals surface area contributed by atoms with Crippen molar-refractivity contribution in [3.05, 3.63) is 33.9 Å². The van der Waals surface area contributed by atoms with E-state index < -0.39 is 16.5 Å². The molecule has 7 heteroatoms. The van der Waals surface area contributed by atoms with E-state index >= 15 is 0 Å². The minimum absolute atomic E-state index is 0.00869. The highest BCUT2D eigenvalue weighted by Gasteiger charge is 2.27. The number of carbonyl (C=O) groups is 1. The van der Waals surface area contributed by atoms with E-state index in [-0.39, 0.29) is 11.3 Å². The third-order valence-electron chi connectivity index (χ3n) is 3.88. The van der Waals surface area contributed by atoms with Crippen LogP contribution in [0, 0.1) is 10.1 Å². The van der Waals surface area contributed by atoms with Gasteiger partial charge in [0.25, 0.3) is 5.69 Å². The monoisotopic (exact) mass is 335 g/mol. The van der Waals surface area contributed by atoms with Gasteiger partial charge in [-0.15, -0.1) is 0 Å². The number of nitro groups is 1. The average Bonchev–Trinajstić information content (AvgIpc) is 2.69. The zero-order valence-corrected chi connectivity index (χ0v) is 14.7. The first-order valence-electron chi connectivity index (χ1n) is 8.12. The number of anilines is 1. The van der Waals surface area contributed by atoms with Crippen molar-refractivity contribution in [2.75, 3.05) is 38.1 Å². The lowest BCUT2D eigenvalue weighted by Gasteiger charge is -2.23. The molecule has 0 N–H and O–H groups in total. The summed E-state index contributed by atoms with van der Waals surface area (Å²) in [5.41, 5.74) is -0.145. The summed E-state index contributed by atoms with van der Waals surface area (Å²) in [5, 5.41) is 11.4. The Morgan fingerprint density at radius 2 is 1.92 bits per heavy atom. The quantitative estimate of drug-likeness (QED) is 0.480. The van der Waals surface area contributed by atoms with Gasteiger partial charge in [-0.05, 0) is 52.9 Å². The van der Waals surface area contributed by atoms with Crippen molar-refractivity contribution in [3.63, 3.8) is 0 Å². The van der Waals surface area contributed by atoms with Crippen LogP contribution in [0.15, 0.2) is 18.2 Å². The zero-order valence-electron chi connectivity index (χ0n) is 14.7. The largest absolute Gasteiger partial charge is 0.456 e. The summed E-state index contributed by atoms with van der Waals surface area (Å²) in [6.07, 6.45) is 0.998. The fourth-order valence-electron chi connectivity index (χ4n) is 2.68. The average molecular weight is 335 g/mol. The Morgan fingerprint density at radius 3 is 2.54 bits per heavy atom. The van der Waals surface area contributed by atoms with Gasteiger partial charge in [-0.2, -0.15) is 0 Å². The van der Waals surface area contributed by atoms with Crippen molar-refractivity contribution in [1.82, 2.24) is 4.90 Å². The molecular weight excluding hydrogens is 310 g/mol. The molecule has 132 valence electrons. The maximum atomic E-state index is 12.2. The van der Waals surface area contributed by atoms with E-state index in [1.807, 2.05) is 0 Å². The Labute approximate surface area is 142 Å². The normalized spacial score (nSPS) is 16.6. The lowest BCUT2D eigenvalue weighted by molar-refractivity contribution is -0.385. The lowest BCUT2D eigenvalue weighted by Crippen LogP contribution is -2.29. The zero-order chi connectivity index (χ0) is 17.9. The fourth-order valence-corrected chi connectivity index (χ4v) is 2.68. The molecule has 0 atom stereocenters. The summed E-state index contributed by atoms with van der Waals surface area (Å²) >= 11 is 0. The summed E-state index contributed by atoms with van der Waals surface area (Å²) in [4.78, 5) is 27.5. The first-order valence-corrected chi connectivity index (χ1v) is 8.12. The van der Waals surface area contributed by atoms with Crippen LogP contribution in [0.1, 0.15) is 37.6 Å². The van der Waals surface area contributed by atoms with Gasteiger partial charge in [-0.3, -0.25) is 10.1 Å². The second-order valence-electron chi connectivity index (χ2n) is 7.10. The van der Waals surface area contributed by atoms with Gasteiger partial charge < -0.3 is 14.5 Å². The van der Waals surface area contributed by atoms with Crippen LogP contribution in [0.25, 0.3) is 0 Å². The molecule has 0 unspecified atom stereocenters. The Morgan fingerprint density at radius 1 is 1.21 bits per heavy atom. The SMILES string of the molecule is CN1CCCN(c2ccc(C(=O)OC(C)(C)C)c([N+](=O)[O-])c2)CC1. The van der Waals surface area contributed by atoms with E-state index in [1.165, 1.54) is 12.1 Å². The summed E-state index contributed by atoms with van der Waals surface area (Å²) < 4.78 is 5.27. The van der Waals surface area contributed by atoms with E-state index in [1.54, 1.807) is 26.8 Å². The number of benzene rings is 1. The van der Waals surface area contributed by atoms with E-state index in [0.717, 1.165) is 38.3 Å². The Balaban J connectivity index is 2.29. The molecule has 0 aromatic heterocycles. The van der Waals surface area contributed by atoms with Gasteiger partial charge in [-0.25, -0.2) is 4.79 Å². The van der Waals surface area contributed by atoms with Crippen molar-refractivity contribution < 1.29 is 14.5 Å². The van der Waals surface area contributed by atoms with Crippen LogP contribution in [0.3, 0.4) is 0 Å². The second-order valence-corrected chi connectivity index (χ2v) is 7.10. The molecule has 1 heterocycles. The molecule has 1 aromatic rings. The summed E-state index contributed by atoms with van der Waals surface area (Å²) in [6.45, 7) is 8.76. The number of hydrogen-bond donors (Lipinski definition) is 0. The molecule has 0 saturated carbocycles. The van der Waals surface area contributed by atoms with Gasteiger partial charge in [-0.1, -0.05) is 0 Å². The topological polar surface area (TPSA) is 75.9 Å². The Hall–Kier alpha value is -2.15. The van der Waals surface area contributed by atoms with Crippen molar-refractivity contribution in [2.45, 2.75) is 32.8 Å². The minimum atomic E-state index is -0.695. The lowest BCUT2D eigenvalue weighted by atomic mass is 10.1. The number of rotatable bonds is 3. The Bertz CT molecular complexity index is 625. The molecule has 1 aliphatic heterocycles. The second kappa shape index (κ2) is 7.17. The third-order valence-corrected chi connectivity index (χ3v) is 3.88. The van der Waals surface area contributed by atoms with Crippen LogP contribution in [0.4, 0.5) is 11.4 Å². The Kier molecular flexibility index (Phi) is 5.43. The van der Waals surface area contributed by atoms with Crippen molar-refractivity contribution in [1.29, 1.82) is 0 Å². The molecule has 0 aliphatic carbocycles. The fraction of sp³-hybridized carbons (Fsp3) is 0.588. The number of hydrogen-bond acceptors (Lipinski definition) is 6. The predicted octanol–water partition coefficient (Wildman–Crippen LogP) is 2.69. The number of ether oxygens (including phenoxy) is 1. The van der Waals surface area contributed by atoms with E-state index in [9.17, 15) is 14.9 Å². The van der Waals surface area contributed by atoms with Gasteiger partial charge in [0.2, 0.25) is 0 Å². The molecule has 0 radical (unpaired) electrons. The smallest absolute Gasteiger partial charge is 0.345 e. The molecule has 1 saturated heterocycles. The maximum Gasteiger partial charge on any atom is 0.345 e. The van der Waals surface area contributed by atoms with Gasteiger partial charge in [0.05, 0.1) is 4.92 Å². The highest BCUT2D eigenvalue weighted by Crippen LogP contribution is 2.28. The van der Waals surface area contributed by atoms with Gasteiger partial charge in [0, 0.05) is 31.4 Å². The molecule has 1 fully saturated rings. The number of carbonyl (C=O) groups excluding carboxylic acids is 1. The molecule has 24 heavy (non-hydrogen) atoms. The van der Waals surface area contributed by atoms with Crippen molar-refractivity contribution >= 4 is 17.3 Å². The van der Waals surface area contributed by atoms with Gasteiger partial charge in [0.15, 0.2) is 0 Å². The number of likely N-dealkylation sites (N-methyl/N-ethyl adjacent to an activating group) is 1. The highest BCUT2D eigenvalue weighted by atomic mass is 16.6. The molecule has 7 nitrogen and oxygen atoms in total. The highest BCUT2D eigenvalue weighted by molar-refractivity contribution is 5.95. The predicted molar refractivity (Wildman–Crippen MR) is 92.6 cm³/mol. The van der Waals surface area contributed by atoms with Gasteiger partial charge in [0.1, 0.15) is 11.2 Å². The molecule has 0 amide bonds. The third kappa shape index (κ3) is 4.67. The summed E-state index contributed by atoms with van der Waals surface area (Å²) in [5.74, 6) is -0.670. The molecular formula is C17H25N3O4. The van der Waals surface area contributed by atoms with Crippen LogP contribution in [0.5, 0.6) is 0 Å². The van der Waals surface area contributed by atoms with Crippen LogP contribution in [0.2, 0.25) is 0 Å². The van der Waals surface area contributed by atoms with Gasteiger partial charge >= 0.3 is 5.97 Å². The van der Waals surface area contributed by atoms with Crippen LogP contribution < -0.4 is 4.90 Å². The number of nitrogens with zero attached hydrogens (tertiary/aromatic N) is 3. The van der Waals surface area contributed by atoms with Crippen molar-refractivity contribution in [3.8, 4) is 0 Å². The van der Waals surface area contributed by atoms with Crippen molar-refractivity contribution in [2.24, 2.45) is 0 Å². The minimum Gasteiger partial charge on any atom is -0.456 e. The molecule has 2 rings (SSSR count).